The van der Waals surface area contributed by atoms with Gasteiger partial charge in [0, 0.05) is 6.08 Å². The Morgan fingerprint density at radius 3 is 2.52 bits per heavy atom. The van der Waals surface area contributed by atoms with Gasteiger partial charge in [-0.2, -0.15) is 0 Å². The molecular weight excluding hydrogens is 368 g/mol. The Bertz CT molecular complexity index is 902. The lowest BCUT2D eigenvalue weighted by Gasteiger charge is -2.18. The van der Waals surface area contributed by atoms with Crippen LogP contribution in [0.2, 0.25) is 0 Å². The summed E-state index contributed by atoms with van der Waals surface area (Å²) in [5.74, 6) is 0.671. The maximum atomic E-state index is 12.5. The molecule has 0 saturated heterocycles. The third kappa shape index (κ3) is 5.85. The molecule has 1 fully saturated rings. The Hall–Kier alpha value is -3.28. The molecule has 1 aliphatic rings. The molecule has 0 aromatic heterocycles. The van der Waals surface area contributed by atoms with Crippen molar-refractivity contribution in [2.45, 2.75) is 25.8 Å². The number of carbonyl (C=O) groups is 2. The Labute approximate surface area is 170 Å². The van der Waals surface area contributed by atoms with Crippen LogP contribution >= 0.6 is 0 Å². The largest absolute Gasteiger partial charge is 0.493 e. The van der Waals surface area contributed by atoms with Gasteiger partial charge in [-0.1, -0.05) is 35.9 Å². The van der Waals surface area contributed by atoms with Crippen molar-refractivity contribution in [3.63, 3.8) is 0 Å². The van der Waals surface area contributed by atoms with E-state index in [9.17, 15) is 9.59 Å². The minimum atomic E-state index is -0.563. The zero-order valence-electron chi connectivity index (χ0n) is 16.7. The molecule has 1 aliphatic carbocycles. The zero-order valence-corrected chi connectivity index (χ0v) is 16.7. The van der Waals surface area contributed by atoms with Crippen LogP contribution in [0.25, 0.3) is 6.08 Å². The van der Waals surface area contributed by atoms with E-state index in [0.717, 1.165) is 24.0 Å². The average Bonchev–Trinajstić information content (AvgIpc) is 3.55. The van der Waals surface area contributed by atoms with Gasteiger partial charge in [0.2, 0.25) is 5.91 Å². The number of nitrogens with two attached hydrogens (primary N) is 1. The fourth-order valence-corrected chi connectivity index (χ4v) is 3.11. The number of methoxy groups -OCH3 is 1. The van der Waals surface area contributed by atoms with Crippen LogP contribution in [0.15, 0.2) is 48.5 Å². The summed E-state index contributed by atoms with van der Waals surface area (Å²) in [6, 6.07) is 13.5. The molecule has 0 bridgehead atoms. The molecule has 0 spiro atoms. The van der Waals surface area contributed by atoms with Gasteiger partial charge in [0.25, 0.3) is 5.91 Å². The second-order valence-corrected chi connectivity index (χ2v) is 7.23. The number of amides is 2. The molecule has 1 atom stereocenters. The predicted molar refractivity (Wildman–Crippen MR) is 112 cm³/mol. The van der Waals surface area contributed by atoms with E-state index in [0.29, 0.717) is 17.4 Å². The predicted octanol–water partition coefficient (Wildman–Crippen LogP) is 3.15. The van der Waals surface area contributed by atoms with Crippen molar-refractivity contribution >= 4 is 17.9 Å². The van der Waals surface area contributed by atoms with Gasteiger partial charge in [0.1, 0.15) is 0 Å². The highest BCUT2D eigenvalue weighted by atomic mass is 16.5. The summed E-state index contributed by atoms with van der Waals surface area (Å²) in [6.07, 6.45) is 5.50. The maximum absolute atomic E-state index is 12.5. The van der Waals surface area contributed by atoms with E-state index in [1.54, 1.807) is 24.3 Å². The summed E-state index contributed by atoms with van der Waals surface area (Å²) in [6.45, 7) is 1.82. The average molecular weight is 394 g/mol. The standard InChI is InChI=1S/C23H26N2O4/c1-15-3-7-17(8-4-15)23(18-9-10-18)25-22(27)12-6-16-5-11-19(20(13-16)28-2)29-14-21(24)26/h3-8,11-13,18,23H,9-10,14H2,1-2H3,(H2,24,26)(H,25,27)/b12-6+. The van der Waals surface area contributed by atoms with Crippen LogP contribution in [0.4, 0.5) is 0 Å². The molecule has 0 aliphatic heterocycles. The van der Waals surface area contributed by atoms with Gasteiger partial charge < -0.3 is 20.5 Å². The fourth-order valence-electron chi connectivity index (χ4n) is 3.11. The minimum absolute atomic E-state index is 0.0341. The number of aryl methyl sites for hydroxylation is 1. The van der Waals surface area contributed by atoms with E-state index < -0.39 is 5.91 Å². The topological polar surface area (TPSA) is 90.7 Å². The highest BCUT2D eigenvalue weighted by Gasteiger charge is 2.33. The molecule has 6 heteroatoms. The van der Waals surface area contributed by atoms with Crippen LogP contribution in [0.3, 0.4) is 0 Å². The first kappa shape index (κ1) is 20.5. The molecule has 2 aromatic rings. The molecule has 1 saturated carbocycles. The van der Waals surface area contributed by atoms with Crippen molar-refractivity contribution in [2.75, 3.05) is 13.7 Å². The number of primary amides is 1. The normalized spacial score (nSPS) is 14.4. The van der Waals surface area contributed by atoms with Gasteiger partial charge in [0.05, 0.1) is 13.2 Å². The number of rotatable bonds is 9. The molecule has 1 unspecified atom stereocenters. The smallest absolute Gasteiger partial charge is 0.255 e. The Morgan fingerprint density at radius 2 is 1.90 bits per heavy atom. The van der Waals surface area contributed by atoms with Crippen LogP contribution in [0, 0.1) is 12.8 Å². The highest BCUT2D eigenvalue weighted by Crippen LogP contribution is 2.41. The van der Waals surface area contributed by atoms with Gasteiger partial charge in [-0.3, -0.25) is 9.59 Å². The summed E-state index contributed by atoms with van der Waals surface area (Å²) in [5, 5.41) is 3.12. The minimum Gasteiger partial charge on any atom is -0.493 e. The molecular formula is C23H26N2O4. The van der Waals surface area contributed by atoms with Crippen molar-refractivity contribution in [3.8, 4) is 11.5 Å². The summed E-state index contributed by atoms with van der Waals surface area (Å²) in [4.78, 5) is 23.4. The van der Waals surface area contributed by atoms with Crippen molar-refractivity contribution in [1.29, 1.82) is 0 Å². The van der Waals surface area contributed by atoms with Crippen LogP contribution in [-0.4, -0.2) is 25.5 Å². The van der Waals surface area contributed by atoms with E-state index in [-0.39, 0.29) is 18.6 Å². The van der Waals surface area contributed by atoms with Crippen LogP contribution in [0.1, 0.15) is 35.6 Å². The zero-order chi connectivity index (χ0) is 20.8. The molecule has 2 aromatic carbocycles. The third-order valence-corrected chi connectivity index (χ3v) is 4.81. The van der Waals surface area contributed by atoms with Gasteiger partial charge in [-0.25, -0.2) is 0 Å². The quantitative estimate of drug-likeness (QED) is 0.639. The van der Waals surface area contributed by atoms with E-state index >= 15 is 0 Å². The Morgan fingerprint density at radius 1 is 1.17 bits per heavy atom. The summed E-state index contributed by atoms with van der Waals surface area (Å²) in [5.41, 5.74) is 8.21. The van der Waals surface area contributed by atoms with Crippen molar-refractivity contribution < 1.29 is 19.1 Å². The van der Waals surface area contributed by atoms with Crippen LogP contribution in [-0.2, 0) is 9.59 Å². The lowest BCUT2D eigenvalue weighted by atomic mass is 10.0. The number of nitrogens with one attached hydrogen (secondary N) is 1. The number of carbonyl (C=O) groups excluding carboxylic acids is 2. The monoisotopic (exact) mass is 394 g/mol. The third-order valence-electron chi connectivity index (χ3n) is 4.81. The SMILES string of the molecule is COc1cc(/C=C/C(=O)NC(c2ccc(C)cc2)C2CC2)ccc1OCC(N)=O. The first-order valence-corrected chi connectivity index (χ1v) is 9.60. The molecule has 3 N–H and O–H groups in total. The van der Waals surface area contributed by atoms with Gasteiger partial charge >= 0.3 is 0 Å². The van der Waals surface area contributed by atoms with Crippen LogP contribution < -0.4 is 20.5 Å². The lowest BCUT2D eigenvalue weighted by Crippen LogP contribution is -2.28. The summed E-state index contributed by atoms with van der Waals surface area (Å²) < 4.78 is 10.6. The van der Waals surface area contributed by atoms with Crippen LogP contribution in [0.5, 0.6) is 11.5 Å². The Kier molecular flexibility index (Phi) is 6.54. The first-order chi connectivity index (χ1) is 14.0. The molecule has 0 radical (unpaired) electrons. The molecule has 152 valence electrons. The number of ether oxygens (including phenoxy) is 2. The molecule has 0 heterocycles. The second-order valence-electron chi connectivity index (χ2n) is 7.23. The van der Waals surface area contributed by atoms with E-state index in [2.05, 4.69) is 36.5 Å². The van der Waals surface area contributed by atoms with E-state index in [4.69, 9.17) is 15.2 Å². The van der Waals surface area contributed by atoms with Crippen molar-refractivity contribution in [3.05, 3.63) is 65.2 Å². The van der Waals surface area contributed by atoms with Gasteiger partial charge in [-0.15, -0.1) is 0 Å². The van der Waals surface area contributed by atoms with Crippen molar-refractivity contribution in [1.82, 2.24) is 5.32 Å². The number of hydrogen-bond donors (Lipinski definition) is 2. The Balaban J connectivity index is 1.66. The van der Waals surface area contributed by atoms with E-state index in [1.807, 2.05) is 0 Å². The number of benzene rings is 2. The molecule has 3 rings (SSSR count). The molecule has 6 nitrogen and oxygen atoms in total. The first-order valence-electron chi connectivity index (χ1n) is 9.60. The fraction of sp³-hybridized carbons (Fsp3) is 0.304. The van der Waals surface area contributed by atoms with Gasteiger partial charge in [-0.05, 0) is 55.0 Å². The number of hydrogen-bond acceptors (Lipinski definition) is 4. The summed E-state index contributed by atoms with van der Waals surface area (Å²) >= 11 is 0. The van der Waals surface area contributed by atoms with Gasteiger partial charge in [0.15, 0.2) is 18.1 Å². The highest BCUT2D eigenvalue weighted by molar-refractivity contribution is 5.92. The lowest BCUT2D eigenvalue weighted by molar-refractivity contribution is -0.120. The molecule has 29 heavy (non-hydrogen) atoms. The maximum Gasteiger partial charge on any atom is 0.255 e. The second kappa shape index (κ2) is 9.28. The van der Waals surface area contributed by atoms with E-state index in [1.165, 1.54) is 18.7 Å². The molecule has 2 amide bonds. The summed E-state index contributed by atoms with van der Waals surface area (Å²) in [7, 11) is 1.51. The van der Waals surface area contributed by atoms with Crippen molar-refractivity contribution in [2.24, 2.45) is 11.7 Å².